The van der Waals surface area contributed by atoms with Gasteiger partial charge in [-0.1, -0.05) is 6.92 Å². The van der Waals surface area contributed by atoms with Crippen molar-refractivity contribution in [2.45, 2.75) is 18.7 Å². The van der Waals surface area contributed by atoms with E-state index in [0.29, 0.717) is 17.1 Å². The van der Waals surface area contributed by atoms with Crippen molar-refractivity contribution in [3.63, 3.8) is 0 Å². The number of nitrogens with one attached hydrogen (secondary N) is 1. The first kappa shape index (κ1) is 20.8. The van der Waals surface area contributed by atoms with Gasteiger partial charge in [0.25, 0.3) is 10.1 Å². The van der Waals surface area contributed by atoms with Crippen molar-refractivity contribution in [2.24, 2.45) is 0 Å². The number of allylic oxidation sites excluding steroid dienone is 1. The first-order chi connectivity index (χ1) is 13.3. The minimum Gasteiger partial charge on any atom is -0.395 e. The molecule has 28 heavy (non-hydrogen) atoms. The first-order valence-electron chi connectivity index (χ1n) is 9.38. The van der Waals surface area contributed by atoms with E-state index < -0.39 is 15.5 Å². The molecule has 1 aliphatic carbocycles. The van der Waals surface area contributed by atoms with Gasteiger partial charge in [-0.2, -0.15) is 8.42 Å². The van der Waals surface area contributed by atoms with E-state index in [9.17, 15) is 18.0 Å². The number of Topliss-reactive ketones (excluding diaryl/α,β-unsaturated/α-hetero) is 1. The second kappa shape index (κ2) is 8.19. The van der Waals surface area contributed by atoms with E-state index in [0.717, 1.165) is 39.3 Å². The molecule has 0 aromatic heterocycles. The smallest absolute Gasteiger partial charge is 0.281 e. The number of carbonyl (C=O) groups excluding carboxylic acids is 2. The average Bonchev–Trinajstić information content (AvgIpc) is 3.48. The number of nitrogens with zero attached hydrogens (tertiary/aromatic N) is 3. The predicted octanol–water partition coefficient (Wildman–Crippen LogP) is -1.63. The number of hydrogen-bond acceptors (Lipinski definition) is 9. The third kappa shape index (κ3) is 4.90. The molecule has 0 spiro atoms. The predicted molar refractivity (Wildman–Crippen MR) is 101 cm³/mol. The Morgan fingerprint density at radius 3 is 2.00 bits per heavy atom. The number of ketones is 2. The molecule has 0 bridgehead atoms. The van der Waals surface area contributed by atoms with Crippen LogP contribution in [0.5, 0.6) is 0 Å². The fourth-order valence-corrected chi connectivity index (χ4v) is 3.71. The Kier molecular flexibility index (Phi) is 6.08. The fourth-order valence-electron chi connectivity index (χ4n) is 2.96. The zero-order valence-corrected chi connectivity index (χ0v) is 16.6. The highest BCUT2D eigenvalue weighted by atomic mass is 32.2. The minimum absolute atomic E-state index is 0.00546. The lowest BCUT2D eigenvalue weighted by molar-refractivity contribution is -0.117. The summed E-state index contributed by atoms with van der Waals surface area (Å²) in [5, 5.41) is 9.85. The molecule has 3 N–H and O–H groups in total. The van der Waals surface area contributed by atoms with E-state index in [4.69, 9.17) is 9.66 Å². The molecule has 0 aromatic rings. The lowest BCUT2D eigenvalue weighted by Gasteiger charge is -2.21. The highest BCUT2D eigenvalue weighted by Crippen LogP contribution is 2.33. The van der Waals surface area contributed by atoms with E-state index in [1.165, 1.54) is 6.08 Å². The number of rotatable bonds is 8. The molecule has 156 valence electrons. The second-order valence-electron chi connectivity index (χ2n) is 6.97. The minimum atomic E-state index is -4.01. The molecule has 3 saturated heterocycles. The first-order valence-corrected chi connectivity index (χ1v) is 10.9. The van der Waals surface area contributed by atoms with Crippen LogP contribution in [0.3, 0.4) is 0 Å². The zero-order chi connectivity index (χ0) is 20.5. The maximum atomic E-state index is 12.4. The summed E-state index contributed by atoms with van der Waals surface area (Å²) < 4.78 is 29.5. The van der Waals surface area contributed by atoms with Crippen molar-refractivity contribution in [3.8, 4) is 0 Å². The molecule has 10 nitrogen and oxygen atoms in total. The van der Waals surface area contributed by atoms with Gasteiger partial charge in [0.1, 0.15) is 16.8 Å². The van der Waals surface area contributed by atoms with Crippen LogP contribution in [0.4, 0.5) is 0 Å². The monoisotopic (exact) mass is 414 g/mol. The van der Waals surface area contributed by atoms with Gasteiger partial charge in [0.2, 0.25) is 11.6 Å². The number of hydrogen-bond donors (Lipinski definition) is 3. The van der Waals surface area contributed by atoms with Gasteiger partial charge in [0.15, 0.2) is 0 Å². The molecule has 4 aliphatic rings. The zero-order valence-electron chi connectivity index (χ0n) is 15.8. The molecule has 0 amide bonds. The highest BCUT2D eigenvalue weighted by molar-refractivity contribution is 7.86. The molecule has 3 fully saturated rings. The van der Waals surface area contributed by atoms with Crippen LogP contribution < -0.4 is 5.32 Å². The van der Waals surface area contributed by atoms with Crippen LogP contribution in [0.1, 0.15) is 13.3 Å². The van der Waals surface area contributed by atoms with Crippen LogP contribution in [0.2, 0.25) is 0 Å². The molecule has 1 atom stereocenters. The molecule has 0 aromatic carbocycles. The Balaban J connectivity index is 0.000000180. The van der Waals surface area contributed by atoms with Crippen LogP contribution in [-0.4, -0.2) is 102 Å². The van der Waals surface area contributed by atoms with Gasteiger partial charge in [0, 0.05) is 51.9 Å². The molecular weight excluding hydrogens is 388 g/mol. The summed E-state index contributed by atoms with van der Waals surface area (Å²) in [5.74, 6) is 0.0485. The van der Waals surface area contributed by atoms with Gasteiger partial charge in [-0.15, -0.1) is 0 Å². The molecular formula is C17H26N4O6S. The van der Waals surface area contributed by atoms with Crippen LogP contribution in [0.25, 0.3) is 0 Å². The third-order valence-corrected chi connectivity index (χ3v) is 5.92. The topological polar surface area (TPSA) is 130 Å². The number of aliphatic hydroxyl groups is 1. The quantitative estimate of drug-likeness (QED) is 0.242. The number of carbonyl (C=O) groups is 2. The van der Waals surface area contributed by atoms with Gasteiger partial charge in [-0.25, -0.2) is 0 Å². The van der Waals surface area contributed by atoms with E-state index >= 15 is 0 Å². The largest absolute Gasteiger partial charge is 0.395 e. The Bertz CT molecular complexity index is 810. The van der Waals surface area contributed by atoms with Gasteiger partial charge in [0.05, 0.1) is 12.3 Å². The Morgan fingerprint density at radius 2 is 1.57 bits per heavy atom. The van der Waals surface area contributed by atoms with Crippen LogP contribution in [0, 0.1) is 0 Å². The Labute approximate surface area is 164 Å². The van der Waals surface area contributed by atoms with Gasteiger partial charge in [-0.05, 0) is 6.42 Å². The lowest BCUT2D eigenvalue weighted by atomic mass is 10.0. The molecule has 3 aliphatic heterocycles. The normalized spacial score (nSPS) is 22.0. The van der Waals surface area contributed by atoms with Crippen molar-refractivity contribution < 1.29 is 27.7 Å². The molecule has 0 radical (unpaired) electrons. The van der Waals surface area contributed by atoms with Crippen LogP contribution in [0.15, 0.2) is 23.2 Å². The summed E-state index contributed by atoms with van der Waals surface area (Å²) >= 11 is 0. The second-order valence-corrected chi connectivity index (χ2v) is 8.57. The van der Waals surface area contributed by atoms with E-state index in [1.54, 1.807) is 6.92 Å². The Morgan fingerprint density at radius 1 is 1.04 bits per heavy atom. The summed E-state index contributed by atoms with van der Waals surface area (Å²) in [4.78, 5) is 30.5. The van der Waals surface area contributed by atoms with Crippen molar-refractivity contribution in [1.82, 2.24) is 20.0 Å². The van der Waals surface area contributed by atoms with Crippen molar-refractivity contribution >= 4 is 21.7 Å². The summed E-state index contributed by atoms with van der Waals surface area (Å²) in [5.41, 5.74) is 1.89. The average molecular weight is 414 g/mol. The van der Waals surface area contributed by atoms with E-state index in [2.05, 4.69) is 5.32 Å². The SMILES string of the molecule is CCC(NCCO)S(=O)(=O)O.O=C1C=C(N2CC2)C(=O)C(N2CC2)=C1N1CC1. The molecule has 4 rings (SSSR count). The van der Waals surface area contributed by atoms with Gasteiger partial charge in [-0.3, -0.25) is 19.5 Å². The molecule has 1 unspecified atom stereocenters. The molecule has 3 heterocycles. The van der Waals surface area contributed by atoms with Crippen LogP contribution >= 0.6 is 0 Å². The summed E-state index contributed by atoms with van der Waals surface area (Å²) in [6.07, 6.45) is 1.80. The Hall–Kier alpha value is -1.95. The summed E-state index contributed by atoms with van der Waals surface area (Å²) in [6.45, 7) is 7.05. The number of aliphatic hydroxyl groups excluding tert-OH is 1. The maximum absolute atomic E-state index is 12.4. The lowest BCUT2D eigenvalue weighted by Crippen LogP contribution is -2.37. The van der Waals surface area contributed by atoms with E-state index in [1.807, 2.05) is 14.7 Å². The maximum Gasteiger partial charge on any atom is 0.281 e. The molecule has 0 saturated carbocycles. The van der Waals surface area contributed by atoms with Crippen LogP contribution in [-0.2, 0) is 19.7 Å². The van der Waals surface area contributed by atoms with Gasteiger partial charge >= 0.3 is 0 Å². The fraction of sp³-hybridized carbons (Fsp3) is 0.647. The van der Waals surface area contributed by atoms with Crippen molar-refractivity contribution in [2.75, 3.05) is 52.4 Å². The summed E-state index contributed by atoms with van der Waals surface area (Å²) in [6, 6.07) is 0. The standard InChI is InChI=1S/C12H13N3O2.C5H13NO4S/c16-9-7-8(13-1-2-13)12(17)11(15-5-6-15)10(9)14-3-4-14;1-2-5(6-3-4-7)11(8,9)10/h7H,1-6H2;5-7H,2-4H2,1H3,(H,8,9,10). The van der Waals surface area contributed by atoms with E-state index in [-0.39, 0.29) is 31.1 Å². The van der Waals surface area contributed by atoms with Crippen molar-refractivity contribution in [3.05, 3.63) is 23.2 Å². The third-order valence-electron chi connectivity index (χ3n) is 4.70. The van der Waals surface area contributed by atoms with Crippen molar-refractivity contribution in [1.29, 1.82) is 0 Å². The summed E-state index contributed by atoms with van der Waals surface area (Å²) in [7, 11) is -4.01. The van der Waals surface area contributed by atoms with Gasteiger partial charge < -0.3 is 19.8 Å². The highest BCUT2D eigenvalue weighted by Gasteiger charge is 2.43. The molecule has 11 heteroatoms.